The minimum atomic E-state index is -0.501. The fourth-order valence-electron chi connectivity index (χ4n) is 0.853. The van der Waals surface area contributed by atoms with Gasteiger partial charge in [-0.25, -0.2) is 0 Å². The van der Waals surface area contributed by atoms with Crippen molar-refractivity contribution < 1.29 is 10.2 Å². The van der Waals surface area contributed by atoms with Gasteiger partial charge in [0.25, 0.3) is 0 Å². The van der Waals surface area contributed by atoms with E-state index >= 15 is 0 Å². The van der Waals surface area contributed by atoms with Crippen LogP contribution in [-0.2, 0) is 0 Å². The Morgan fingerprint density at radius 3 is 2.20 bits per heavy atom. The molecule has 0 aliphatic rings. The lowest BCUT2D eigenvalue weighted by atomic mass is 10.0. The van der Waals surface area contributed by atoms with Crippen LogP contribution in [0.25, 0.3) is 0 Å². The van der Waals surface area contributed by atoms with Crippen LogP contribution in [0.1, 0.15) is 33.1 Å². The third-order valence-electron chi connectivity index (χ3n) is 1.53. The van der Waals surface area contributed by atoms with E-state index < -0.39 is 6.10 Å². The van der Waals surface area contributed by atoms with Gasteiger partial charge in [-0.3, -0.25) is 0 Å². The predicted octanol–water partition coefficient (Wildman–Crippen LogP) is 1.17. The molecule has 0 radical (unpaired) electrons. The third-order valence-corrected chi connectivity index (χ3v) is 1.53. The molecular formula is C8H18O2. The van der Waals surface area contributed by atoms with Crippen LogP contribution in [0.2, 0.25) is 0 Å². The van der Waals surface area contributed by atoms with Crippen molar-refractivity contribution >= 4 is 0 Å². The van der Waals surface area contributed by atoms with Gasteiger partial charge in [0, 0.05) is 0 Å². The highest BCUT2D eigenvalue weighted by Gasteiger charge is 2.01. The van der Waals surface area contributed by atoms with Gasteiger partial charge in [0.15, 0.2) is 0 Å². The maximum absolute atomic E-state index is 8.92. The zero-order chi connectivity index (χ0) is 7.98. The molecule has 0 heterocycles. The van der Waals surface area contributed by atoms with Gasteiger partial charge in [0.05, 0.1) is 12.7 Å². The quantitative estimate of drug-likeness (QED) is 0.611. The molecule has 0 aromatic carbocycles. The van der Waals surface area contributed by atoms with Crippen LogP contribution >= 0.6 is 0 Å². The summed E-state index contributed by atoms with van der Waals surface area (Å²) in [7, 11) is 0. The van der Waals surface area contributed by atoms with Gasteiger partial charge in [-0.05, 0) is 12.3 Å². The molecule has 0 aliphatic heterocycles. The molecule has 0 saturated carbocycles. The molecule has 0 saturated heterocycles. The third kappa shape index (κ3) is 6.05. The Balaban J connectivity index is 3.03. The Kier molecular flexibility index (Phi) is 5.64. The smallest absolute Gasteiger partial charge is 0.0770 e. The second kappa shape index (κ2) is 5.69. The maximum Gasteiger partial charge on any atom is 0.0770 e. The number of aliphatic hydroxyl groups is 2. The SMILES string of the molecule is CC(C)CCC[C@H](O)CO. The van der Waals surface area contributed by atoms with Crippen LogP contribution in [0.15, 0.2) is 0 Å². The highest BCUT2D eigenvalue weighted by Crippen LogP contribution is 2.07. The van der Waals surface area contributed by atoms with E-state index in [2.05, 4.69) is 13.8 Å². The van der Waals surface area contributed by atoms with Crippen LogP contribution in [-0.4, -0.2) is 22.9 Å². The number of hydrogen-bond donors (Lipinski definition) is 2. The van der Waals surface area contributed by atoms with Crippen molar-refractivity contribution in [3.8, 4) is 0 Å². The average molecular weight is 146 g/mol. The van der Waals surface area contributed by atoms with E-state index in [0.717, 1.165) is 19.3 Å². The van der Waals surface area contributed by atoms with Crippen molar-refractivity contribution in [2.45, 2.75) is 39.2 Å². The monoisotopic (exact) mass is 146 g/mol. The van der Waals surface area contributed by atoms with Crippen LogP contribution in [0.3, 0.4) is 0 Å². The van der Waals surface area contributed by atoms with Gasteiger partial charge in [-0.15, -0.1) is 0 Å². The predicted molar refractivity (Wildman–Crippen MR) is 41.8 cm³/mol. The average Bonchev–Trinajstić information content (AvgIpc) is 1.87. The molecule has 0 rings (SSSR count). The molecule has 10 heavy (non-hydrogen) atoms. The van der Waals surface area contributed by atoms with Crippen molar-refractivity contribution in [3.05, 3.63) is 0 Å². The normalized spacial score (nSPS) is 14.1. The van der Waals surface area contributed by atoms with Crippen molar-refractivity contribution in [1.29, 1.82) is 0 Å². The molecule has 0 aromatic heterocycles. The molecule has 2 heteroatoms. The summed E-state index contributed by atoms with van der Waals surface area (Å²) >= 11 is 0. The largest absolute Gasteiger partial charge is 0.394 e. The van der Waals surface area contributed by atoms with Crippen molar-refractivity contribution in [1.82, 2.24) is 0 Å². The summed E-state index contributed by atoms with van der Waals surface area (Å²) < 4.78 is 0. The second-order valence-electron chi connectivity index (χ2n) is 3.16. The first-order chi connectivity index (χ1) is 4.66. The summed E-state index contributed by atoms with van der Waals surface area (Å²) in [4.78, 5) is 0. The summed E-state index contributed by atoms with van der Waals surface area (Å²) in [5.74, 6) is 0.700. The van der Waals surface area contributed by atoms with E-state index in [0.29, 0.717) is 5.92 Å². The fourth-order valence-corrected chi connectivity index (χ4v) is 0.853. The number of aliphatic hydroxyl groups excluding tert-OH is 2. The van der Waals surface area contributed by atoms with E-state index in [1.807, 2.05) is 0 Å². The van der Waals surface area contributed by atoms with Crippen LogP contribution in [0.5, 0.6) is 0 Å². The molecule has 0 bridgehead atoms. The van der Waals surface area contributed by atoms with Crippen LogP contribution in [0, 0.1) is 5.92 Å². The van der Waals surface area contributed by atoms with Gasteiger partial charge in [0.2, 0.25) is 0 Å². The molecule has 2 N–H and O–H groups in total. The molecule has 0 aromatic rings. The van der Waals surface area contributed by atoms with Crippen LogP contribution in [0.4, 0.5) is 0 Å². The lowest BCUT2D eigenvalue weighted by Crippen LogP contribution is -2.11. The van der Waals surface area contributed by atoms with E-state index in [1.165, 1.54) is 0 Å². The Morgan fingerprint density at radius 1 is 1.20 bits per heavy atom. The maximum atomic E-state index is 8.92. The second-order valence-corrected chi connectivity index (χ2v) is 3.16. The summed E-state index contributed by atoms with van der Waals surface area (Å²) in [5.41, 5.74) is 0. The van der Waals surface area contributed by atoms with Gasteiger partial charge in [0.1, 0.15) is 0 Å². The summed E-state index contributed by atoms with van der Waals surface area (Å²) in [6.07, 6.45) is 2.38. The van der Waals surface area contributed by atoms with E-state index in [-0.39, 0.29) is 6.61 Å². The van der Waals surface area contributed by atoms with E-state index in [1.54, 1.807) is 0 Å². The highest BCUT2D eigenvalue weighted by molar-refractivity contribution is 4.54. The molecule has 0 amide bonds. The van der Waals surface area contributed by atoms with Crippen LogP contribution < -0.4 is 0 Å². The fraction of sp³-hybridized carbons (Fsp3) is 1.00. The van der Waals surface area contributed by atoms with E-state index in [4.69, 9.17) is 10.2 Å². The highest BCUT2D eigenvalue weighted by atomic mass is 16.3. The van der Waals surface area contributed by atoms with Gasteiger partial charge in [-0.2, -0.15) is 0 Å². The molecule has 1 atom stereocenters. The standard InChI is InChI=1S/C8H18O2/c1-7(2)4-3-5-8(10)6-9/h7-10H,3-6H2,1-2H3/t8-/m0/s1. The Hall–Kier alpha value is -0.0800. The zero-order valence-corrected chi connectivity index (χ0v) is 6.88. The summed E-state index contributed by atoms with van der Waals surface area (Å²) in [5, 5.41) is 17.4. The Morgan fingerprint density at radius 2 is 1.80 bits per heavy atom. The number of hydrogen-bond acceptors (Lipinski definition) is 2. The molecular weight excluding hydrogens is 128 g/mol. The van der Waals surface area contributed by atoms with Gasteiger partial charge >= 0.3 is 0 Å². The van der Waals surface area contributed by atoms with E-state index in [9.17, 15) is 0 Å². The Bertz CT molecular complexity index is 71.7. The molecule has 62 valence electrons. The number of rotatable bonds is 5. The first kappa shape index (κ1) is 9.92. The first-order valence-corrected chi connectivity index (χ1v) is 3.95. The first-order valence-electron chi connectivity index (χ1n) is 3.95. The zero-order valence-electron chi connectivity index (χ0n) is 6.88. The summed E-state index contributed by atoms with van der Waals surface area (Å²) in [6.45, 7) is 4.22. The Labute approximate surface area is 62.9 Å². The lowest BCUT2D eigenvalue weighted by molar-refractivity contribution is 0.0853. The lowest BCUT2D eigenvalue weighted by Gasteiger charge is -2.07. The molecule has 2 nitrogen and oxygen atoms in total. The van der Waals surface area contributed by atoms with Crippen molar-refractivity contribution in [2.75, 3.05) is 6.61 Å². The van der Waals surface area contributed by atoms with Crippen molar-refractivity contribution in [2.24, 2.45) is 5.92 Å². The van der Waals surface area contributed by atoms with Gasteiger partial charge < -0.3 is 10.2 Å². The van der Waals surface area contributed by atoms with Gasteiger partial charge in [-0.1, -0.05) is 26.7 Å². The minimum Gasteiger partial charge on any atom is -0.394 e. The molecule has 0 spiro atoms. The topological polar surface area (TPSA) is 40.5 Å². The summed E-state index contributed by atoms with van der Waals surface area (Å²) in [6, 6.07) is 0. The molecule has 0 fully saturated rings. The molecule has 0 unspecified atom stereocenters. The minimum absolute atomic E-state index is 0.0991. The van der Waals surface area contributed by atoms with Crippen molar-refractivity contribution in [3.63, 3.8) is 0 Å². The molecule has 0 aliphatic carbocycles.